The van der Waals surface area contributed by atoms with Gasteiger partial charge in [0.25, 0.3) is 5.91 Å². The molecule has 0 atom stereocenters. The third-order valence-corrected chi connectivity index (χ3v) is 3.22. The second-order valence-electron chi connectivity index (χ2n) is 4.16. The highest BCUT2D eigenvalue weighted by Gasteiger charge is 2.09. The minimum atomic E-state index is -0.156. The summed E-state index contributed by atoms with van der Waals surface area (Å²) in [6, 6.07) is 12.9. The first-order chi connectivity index (χ1) is 9.10. The lowest BCUT2D eigenvalue weighted by molar-refractivity contribution is 0.102. The van der Waals surface area contributed by atoms with E-state index in [0.717, 1.165) is 10.0 Å². The number of hydrogen-bond acceptors (Lipinski definition) is 2. The van der Waals surface area contributed by atoms with Gasteiger partial charge in [-0.1, -0.05) is 33.6 Å². The summed E-state index contributed by atoms with van der Waals surface area (Å²) < 4.78 is 6.10. The predicted molar refractivity (Wildman–Crippen MR) is 79.8 cm³/mol. The standard InChI is InChI=1S/C15H14BrNO2/c1-10-3-5-11(6-4-10)15(18)17-13-9-12(16)7-8-14(13)19-2/h3-9H,1-2H3,(H,17,18). The SMILES string of the molecule is COc1ccc(Br)cc1NC(=O)c1ccc(C)cc1. The van der Waals surface area contributed by atoms with Crippen LogP contribution in [-0.4, -0.2) is 13.0 Å². The first-order valence-corrected chi connectivity index (χ1v) is 6.61. The predicted octanol–water partition coefficient (Wildman–Crippen LogP) is 4.02. The number of aryl methyl sites for hydroxylation is 1. The molecule has 0 aliphatic carbocycles. The van der Waals surface area contributed by atoms with E-state index in [1.165, 1.54) is 0 Å². The summed E-state index contributed by atoms with van der Waals surface area (Å²) in [6.45, 7) is 1.99. The van der Waals surface area contributed by atoms with Gasteiger partial charge in [-0.25, -0.2) is 0 Å². The van der Waals surface area contributed by atoms with Crippen LogP contribution in [0, 0.1) is 6.92 Å². The Balaban J connectivity index is 2.23. The van der Waals surface area contributed by atoms with E-state index in [1.54, 1.807) is 25.3 Å². The van der Waals surface area contributed by atoms with E-state index in [4.69, 9.17) is 4.74 Å². The Hall–Kier alpha value is -1.81. The summed E-state index contributed by atoms with van der Waals surface area (Å²) >= 11 is 3.37. The Morgan fingerprint density at radius 3 is 2.47 bits per heavy atom. The molecule has 0 saturated heterocycles. The van der Waals surface area contributed by atoms with E-state index in [-0.39, 0.29) is 5.91 Å². The van der Waals surface area contributed by atoms with Gasteiger partial charge in [0.05, 0.1) is 12.8 Å². The highest BCUT2D eigenvalue weighted by molar-refractivity contribution is 9.10. The van der Waals surface area contributed by atoms with Crippen LogP contribution in [0.5, 0.6) is 5.75 Å². The average Bonchev–Trinajstić information content (AvgIpc) is 2.39. The lowest BCUT2D eigenvalue weighted by Gasteiger charge is -2.10. The largest absolute Gasteiger partial charge is 0.495 e. The molecule has 0 unspecified atom stereocenters. The molecule has 1 amide bonds. The summed E-state index contributed by atoms with van der Waals surface area (Å²) in [5.41, 5.74) is 2.38. The molecule has 0 fully saturated rings. The topological polar surface area (TPSA) is 38.3 Å². The second kappa shape index (κ2) is 5.89. The maximum absolute atomic E-state index is 12.1. The van der Waals surface area contributed by atoms with Gasteiger partial charge < -0.3 is 10.1 Å². The van der Waals surface area contributed by atoms with E-state index in [2.05, 4.69) is 21.2 Å². The van der Waals surface area contributed by atoms with Crippen molar-refractivity contribution < 1.29 is 9.53 Å². The monoisotopic (exact) mass is 319 g/mol. The molecule has 0 bridgehead atoms. The van der Waals surface area contributed by atoms with Gasteiger partial charge in [-0.05, 0) is 37.3 Å². The number of nitrogens with one attached hydrogen (secondary N) is 1. The van der Waals surface area contributed by atoms with E-state index in [1.807, 2.05) is 31.2 Å². The van der Waals surface area contributed by atoms with Crippen LogP contribution in [0.15, 0.2) is 46.9 Å². The number of halogens is 1. The molecule has 1 N–H and O–H groups in total. The first-order valence-electron chi connectivity index (χ1n) is 5.81. The molecule has 4 heteroatoms. The number of benzene rings is 2. The summed E-state index contributed by atoms with van der Waals surface area (Å²) in [7, 11) is 1.57. The lowest BCUT2D eigenvalue weighted by Crippen LogP contribution is -2.12. The van der Waals surface area contributed by atoms with Crippen molar-refractivity contribution in [3.05, 3.63) is 58.1 Å². The highest BCUT2D eigenvalue weighted by Crippen LogP contribution is 2.28. The molecule has 19 heavy (non-hydrogen) atoms. The Morgan fingerprint density at radius 2 is 1.84 bits per heavy atom. The summed E-state index contributed by atoms with van der Waals surface area (Å²) in [5.74, 6) is 0.472. The van der Waals surface area contributed by atoms with E-state index >= 15 is 0 Å². The molecule has 0 heterocycles. The maximum Gasteiger partial charge on any atom is 0.255 e. The van der Waals surface area contributed by atoms with Crippen LogP contribution in [-0.2, 0) is 0 Å². The number of methoxy groups -OCH3 is 1. The molecular formula is C15H14BrNO2. The number of hydrogen-bond donors (Lipinski definition) is 1. The molecule has 3 nitrogen and oxygen atoms in total. The summed E-state index contributed by atoms with van der Waals surface area (Å²) in [4.78, 5) is 12.1. The van der Waals surface area contributed by atoms with E-state index in [0.29, 0.717) is 17.0 Å². The molecule has 0 radical (unpaired) electrons. The lowest BCUT2D eigenvalue weighted by atomic mass is 10.1. The van der Waals surface area contributed by atoms with Gasteiger partial charge in [-0.3, -0.25) is 4.79 Å². The van der Waals surface area contributed by atoms with Crippen molar-refractivity contribution in [2.75, 3.05) is 12.4 Å². The minimum Gasteiger partial charge on any atom is -0.495 e. The van der Waals surface area contributed by atoms with Crippen molar-refractivity contribution in [2.24, 2.45) is 0 Å². The molecule has 0 spiro atoms. The van der Waals surface area contributed by atoms with Crippen molar-refractivity contribution >= 4 is 27.5 Å². The zero-order valence-electron chi connectivity index (χ0n) is 10.7. The number of anilines is 1. The number of carbonyl (C=O) groups excluding carboxylic acids is 1. The van der Waals surface area contributed by atoms with Gasteiger partial charge in [0.1, 0.15) is 5.75 Å². The molecule has 98 valence electrons. The second-order valence-corrected chi connectivity index (χ2v) is 5.08. The molecule has 0 aromatic heterocycles. The van der Waals surface area contributed by atoms with Crippen LogP contribution in [0.25, 0.3) is 0 Å². The number of amides is 1. The van der Waals surface area contributed by atoms with Crippen LogP contribution >= 0.6 is 15.9 Å². The smallest absolute Gasteiger partial charge is 0.255 e. The van der Waals surface area contributed by atoms with Crippen molar-refractivity contribution in [1.82, 2.24) is 0 Å². The summed E-state index contributed by atoms with van der Waals surface area (Å²) in [5, 5.41) is 2.84. The third kappa shape index (κ3) is 3.35. The fraction of sp³-hybridized carbons (Fsp3) is 0.133. The molecule has 0 aliphatic heterocycles. The van der Waals surface area contributed by atoms with Crippen LogP contribution in [0.3, 0.4) is 0 Å². The molecule has 2 aromatic carbocycles. The number of ether oxygens (including phenoxy) is 1. The van der Waals surface area contributed by atoms with E-state index < -0.39 is 0 Å². The average molecular weight is 320 g/mol. The third-order valence-electron chi connectivity index (χ3n) is 2.72. The Kier molecular flexibility index (Phi) is 4.22. The Morgan fingerprint density at radius 1 is 1.16 bits per heavy atom. The fourth-order valence-corrected chi connectivity index (χ4v) is 2.04. The quantitative estimate of drug-likeness (QED) is 0.928. The summed E-state index contributed by atoms with van der Waals surface area (Å²) in [6.07, 6.45) is 0. The molecule has 2 rings (SSSR count). The fourth-order valence-electron chi connectivity index (χ4n) is 1.68. The van der Waals surface area contributed by atoms with Gasteiger partial charge in [0, 0.05) is 10.0 Å². The zero-order chi connectivity index (χ0) is 13.8. The van der Waals surface area contributed by atoms with Gasteiger partial charge in [-0.2, -0.15) is 0 Å². The van der Waals surface area contributed by atoms with Gasteiger partial charge >= 0.3 is 0 Å². The number of rotatable bonds is 3. The Bertz CT molecular complexity index is 594. The zero-order valence-corrected chi connectivity index (χ0v) is 12.3. The first kappa shape index (κ1) is 13.6. The van der Waals surface area contributed by atoms with Crippen LogP contribution in [0.4, 0.5) is 5.69 Å². The van der Waals surface area contributed by atoms with Crippen molar-refractivity contribution in [3.8, 4) is 5.75 Å². The minimum absolute atomic E-state index is 0.156. The van der Waals surface area contributed by atoms with Crippen LogP contribution in [0.1, 0.15) is 15.9 Å². The normalized spacial score (nSPS) is 10.1. The molecule has 2 aromatic rings. The Labute approximate surface area is 120 Å². The molecular weight excluding hydrogens is 306 g/mol. The number of carbonyl (C=O) groups is 1. The molecule has 0 saturated carbocycles. The van der Waals surface area contributed by atoms with E-state index in [9.17, 15) is 4.79 Å². The van der Waals surface area contributed by atoms with Gasteiger partial charge in [0.2, 0.25) is 0 Å². The van der Waals surface area contributed by atoms with Crippen molar-refractivity contribution in [3.63, 3.8) is 0 Å². The van der Waals surface area contributed by atoms with Crippen LogP contribution in [0.2, 0.25) is 0 Å². The van der Waals surface area contributed by atoms with Crippen molar-refractivity contribution in [2.45, 2.75) is 6.92 Å². The molecule has 0 aliphatic rings. The van der Waals surface area contributed by atoms with Crippen molar-refractivity contribution in [1.29, 1.82) is 0 Å². The maximum atomic E-state index is 12.1. The highest BCUT2D eigenvalue weighted by atomic mass is 79.9. The van der Waals surface area contributed by atoms with Crippen LogP contribution < -0.4 is 10.1 Å². The van der Waals surface area contributed by atoms with Gasteiger partial charge in [-0.15, -0.1) is 0 Å². The van der Waals surface area contributed by atoms with Gasteiger partial charge in [0.15, 0.2) is 0 Å².